The second-order valence-electron chi connectivity index (χ2n) is 30.9. The highest BCUT2D eigenvalue weighted by Gasteiger charge is 2.53. The molecule has 43 heteroatoms. The van der Waals surface area contributed by atoms with Crippen LogP contribution in [0.25, 0.3) is 11.1 Å². The number of phenols is 3. The molecule has 7 aliphatic heterocycles. The number of aromatic hydroxyl groups is 3. The molecule has 125 heavy (non-hydrogen) atoms. The van der Waals surface area contributed by atoms with Gasteiger partial charge in [-0.15, -0.1) is 0 Å². The third-order valence-corrected chi connectivity index (χ3v) is 21.7. The predicted octanol–water partition coefficient (Wildman–Crippen LogP) is 0.721. The molecule has 13 rings (SSSR count). The van der Waals surface area contributed by atoms with Gasteiger partial charge in [-0.2, -0.15) is 0 Å². The summed E-state index contributed by atoms with van der Waals surface area (Å²) in [7, 11) is 1.45. The Morgan fingerprint density at radius 2 is 1.32 bits per heavy atom. The molecule has 6 aromatic rings. The zero-order valence-electron chi connectivity index (χ0n) is 67.8. The minimum Gasteiger partial charge on any atom is -0.508 e. The Kier molecular flexibility index (Phi) is 30.0. The number of benzene rings is 6. The van der Waals surface area contributed by atoms with Gasteiger partial charge >= 0.3 is 18.0 Å². The average Bonchev–Trinajstić information content (AvgIpc) is 0.767. The predicted molar refractivity (Wildman–Crippen MR) is 431 cm³/mol. The highest BCUT2D eigenvalue weighted by molar-refractivity contribution is 6.32. The summed E-state index contributed by atoms with van der Waals surface area (Å²) in [6.45, 7) is 6.81. The van der Waals surface area contributed by atoms with Crippen molar-refractivity contribution in [1.82, 2.24) is 47.9 Å². The van der Waals surface area contributed by atoms with Crippen molar-refractivity contribution in [3.8, 4) is 62.9 Å². The molecule has 672 valence electrons. The number of hydrogen-bond donors (Lipinski definition) is 21. The first-order chi connectivity index (χ1) is 59.2. The van der Waals surface area contributed by atoms with Crippen molar-refractivity contribution in [2.24, 2.45) is 11.7 Å². The summed E-state index contributed by atoms with van der Waals surface area (Å²) in [5.41, 5.74) is 2.13. The van der Waals surface area contributed by atoms with Gasteiger partial charge in [0.1, 0.15) is 121 Å². The van der Waals surface area contributed by atoms with E-state index in [1.54, 1.807) is 39.8 Å². The Morgan fingerprint density at radius 3 is 1.93 bits per heavy atom. The molecule has 41 nitrogen and oxygen atoms in total. The molecule has 7 aliphatic rings. The van der Waals surface area contributed by atoms with Gasteiger partial charge < -0.3 is 152 Å². The van der Waals surface area contributed by atoms with Crippen LogP contribution in [0.3, 0.4) is 0 Å². The van der Waals surface area contributed by atoms with Gasteiger partial charge in [0.25, 0.3) is 0 Å². The Balaban J connectivity index is 1.04. The van der Waals surface area contributed by atoms with Crippen molar-refractivity contribution in [3.63, 3.8) is 0 Å². The average molecular weight is 1790 g/mol. The first-order valence-corrected chi connectivity index (χ1v) is 39.8. The molecule has 6 aromatic carbocycles. The summed E-state index contributed by atoms with van der Waals surface area (Å²) in [6.07, 6.45) is -21.8. The number of likely N-dealkylation sites (N-methyl/N-ethyl adjacent to an activating group) is 1. The van der Waals surface area contributed by atoms with Crippen LogP contribution < -0.4 is 72.5 Å². The molecule has 0 aromatic heterocycles. The second-order valence-corrected chi connectivity index (χ2v) is 31.7. The van der Waals surface area contributed by atoms with E-state index in [4.69, 9.17) is 76.7 Å². The van der Waals surface area contributed by atoms with Crippen LogP contribution in [0.1, 0.15) is 122 Å². The Bertz CT molecular complexity index is 5120. The van der Waals surface area contributed by atoms with E-state index in [9.17, 15) is 89.4 Å². The number of rotatable bonds is 23. The number of aryl methyl sites for hydroxylation is 2. The molecular weight excluding hydrogens is 1690 g/mol. The van der Waals surface area contributed by atoms with Crippen LogP contribution in [0.5, 0.6) is 51.7 Å². The molecule has 2 fully saturated rings. The number of fused-ring (bicyclic) bond motifs is 15. The van der Waals surface area contributed by atoms with Crippen molar-refractivity contribution >= 4 is 88.5 Å². The Hall–Kier alpha value is -11.8. The van der Waals surface area contributed by atoms with E-state index in [1.165, 1.54) is 27.0 Å². The summed E-state index contributed by atoms with van der Waals surface area (Å²) >= 11 is 14.3. The smallest absolute Gasteiger partial charge is 0.407 e. The number of hydrogen-bond acceptors (Lipinski definition) is 31. The van der Waals surface area contributed by atoms with Crippen molar-refractivity contribution in [2.75, 3.05) is 40.0 Å². The molecule has 11 bridgehead atoms. The first-order valence-electron chi connectivity index (χ1n) is 39.1. The molecule has 2 saturated heterocycles. The topological polar surface area (TPSA) is 628 Å². The summed E-state index contributed by atoms with van der Waals surface area (Å²) in [5, 5.41) is 147. The zero-order valence-corrected chi connectivity index (χ0v) is 69.3. The summed E-state index contributed by atoms with van der Waals surface area (Å²) in [6, 6.07) is 1.66. The van der Waals surface area contributed by atoms with E-state index in [0.29, 0.717) is 16.7 Å². The molecular formula is C82H94Cl2N10O31. The number of primary amides is 1. The number of carboxylic acid groups (broad SMARTS) is 1. The van der Waals surface area contributed by atoms with E-state index in [1.807, 2.05) is 0 Å². The summed E-state index contributed by atoms with van der Waals surface area (Å²) in [4.78, 5) is 157. The molecule has 7 heterocycles. The normalized spacial score (nSPS) is 25.8. The van der Waals surface area contributed by atoms with Gasteiger partial charge in [-0.05, 0) is 153 Å². The number of phenolic OH excluding ortho intramolecular Hbond substituents is 3. The van der Waals surface area contributed by atoms with Gasteiger partial charge in [0, 0.05) is 29.2 Å². The van der Waals surface area contributed by atoms with E-state index in [2.05, 4.69) is 47.9 Å². The van der Waals surface area contributed by atoms with Crippen molar-refractivity contribution < 1.29 is 152 Å². The Labute approximate surface area is 721 Å². The highest BCUT2D eigenvalue weighted by atomic mass is 35.5. The zero-order chi connectivity index (χ0) is 91.1. The third-order valence-electron chi connectivity index (χ3n) is 21.1. The molecule has 9 amide bonds. The second kappa shape index (κ2) is 40.0. The lowest BCUT2D eigenvalue weighted by molar-refractivity contribution is -0.334. The maximum absolute atomic E-state index is 16.2. The van der Waals surface area contributed by atoms with E-state index < -0.39 is 298 Å². The number of amides is 9. The molecule has 0 spiro atoms. The number of carboxylic acids is 1. The van der Waals surface area contributed by atoms with E-state index in [-0.39, 0.29) is 42.4 Å². The van der Waals surface area contributed by atoms with Crippen molar-refractivity contribution in [1.29, 1.82) is 0 Å². The number of esters is 1. The number of carbonyl (C=O) groups excluding carboxylic acids is 10. The molecule has 18 atom stereocenters. The molecule has 0 aliphatic carbocycles. The van der Waals surface area contributed by atoms with Gasteiger partial charge in [-0.25, -0.2) is 14.4 Å². The number of carbonyl (C=O) groups is 11. The number of ether oxygens (including phenoxy) is 9. The maximum Gasteiger partial charge on any atom is 0.407 e. The monoisotopic (exact) mass is 1780 g/mol. The van der Waals surface area contributed by atoms with Crippen LogP contribution in [-0.4, -0.2) is 240 Å². The van der Waals surface area contributed by atoms with Crippen LogP contribution >= 0.6 is 23.2 Å². The lowest BCUT2D eigenvalue weighted by atomic mass is 9.85. The third kappa shape index (κ3) is 21.8. The number of nitrogens with one attached hydrogen (secondary N) is 9. The van der Waals surface area contributed by atoms with Crippen LogP contribution in [0, 0.1) is 19.8 Å². The quantitative estimate of drug-likeness (QED) is 0.0239. The van der Waals surface area contributed by atoms with E-state index >= 15 is 14.4 Å². The van der Waals surface area contributed by atoms with Crippen LogP contribution in [-0.2, 0) is 78.2 Å². The van der Waals surface area contributed by atoms with Crippen molar-refractivity contribution in [2.45, 2.75) is 177 Å². The van der Waals surface area contributed by atoms with Gasteiger partial charge in [0.2, 0.25) is 59.3 Å². The Morgan fingerprint density at radius 1 is 0.696 bits per heavy atom. The first kappa shape index (κ1) is 93.9. The van der Waals surface area contributed by atoms with Gasteiger partial charge in [0.05, 0.1) is 54.0 Å². The van der Waals surface area contributed by atoms with Crippen LogP contribution in [0.15, 0.2) is 91.0 Å². The fourth-order valence-corrected chi connectivity index (χ4v) is 15.3. The lowest BCUT2D eigenvalue weighted by Gasteiger charge is -2.48. The largest absolute Gasteiger partial charge is 0.508 e. The molecule has 0 radical (unpaired) electrons. The maximum atomic E-state index is 16.2. The fourth-order valence-electron chi connectivity index (χ4n) is 14.9. The SMILES string of the molecule is CN[C@H](CC(C)C)C(=O)N[C@H]1C(=O)N[C@@H](CC(N)=O)C(=O)N[C@H]2C(=O)N[C@H]3C(=O)N[C@H](C(=O)N[C@H](C(=O)O)c4cc(O)cc(O)c4-c4cc3ccc4O)[C@H](O)c3ccc(c(Cl)c3)Oc3cc2cc(c3OC2OC(CO)C(O)C(O)C2OC2CC(C)(NC(=O)OCc3cc(C)c(OC(=O)CNC(=O)COCCO)c(C)c3)C(O)C(C)O2)Oc2ccc(cc2Cl)[C@H]1O. The van der Waals surface area contributed by atoms with Gasteiger partial charge in [-0.1, -0.05) is 55.2 Å². The molecule has 22 N–H and O–H groups in total. The summed E-state index contributed by atoms with van der Waals surface area (Å²) in [5.74, 6) is -18.1. The van der Waals surface area contributed by atoms with Crippen LogP contribution in [0.2, 0.25) is 10.0 Å². The lowest BCUT2D eigenvalue weighted by Crippen LogP contribution is -2.66. The summed E-state index contributed by atoms with van der Waals surface area (Å²) < 4.78 is 55.2. The number of aliphatic carboxylic acids is 1. The molecule has 9 unspecified atom stereocenters. The molecule has 0 saturated carbocycles. The fraction of sp³-hybridized carbons (Fsp3) is 0.427. The van der Waals surface area contributed by atoms with Crippen LogP contribution in [0.4, 0.5) is 4.79 Å². The number of halogens is 2. The number of aliphatic hydroxyl groups is 7. The number of aliphatic hydroxyl groups excluding tert-OH is 7. The highest BCUT2D eigenvalue weighted by Crippen LogP contribution is 2.50. The van der Waals surface area contributed by atoms with Gasteiger partial charge in [-0.3, -0.25) is 38.4 Å². The van der Waals surface area contributed by atoms with Crippen molar-refractivity contribution in [3.05, 3.63) is 146 Å². The number of nitrogens with two attached hydrogens (primary N) is 1. The van der Waals surface area contributed by atoms with E-state index in [0.717, 1.165) is 72.8 Å². The standard InChI is InChI=1S/C82H94Cl2N10O31/c1-32(2)16-46(86-7)73(108)92-63-65(103)38-9-12-50(44(83)20-38)120-52-22-40-23-53(70(52)125-80-71(68(106)67(105)54(29-96)122-80)124-58-27-82(6,72(107)35(5)119-58)94-81(116)118-30-36-17-33(3)69(34(4)18-36)123-57(102)28-87-56(101)31-117-15-14-95)121-51-13-10-39(21-45(51)84)66(104)64-78(113)91-62(79(114)115)43-24-41(97)25-49(99)59(43)42-19-37(8-11-48(42)98)60(75(110)93-64)90-76(111)61(40)89-74(109)47(26-55(85)100)88-77(63)112/h8-13,17-25,32,35,46-47,54,58,60-68,71-72,80,86,95-99,103-107H,14-16,26-31H2,1-7H3,(H2,85,100)(H,87,101)(H,88,112)(H,89,109)(H,90,111)(H,91,113)(H,92,108)(H,93,110)(H,94,116)(H,114,115)/t35?,46-,47+,54?,58?,60-,61-,62+,63-,64+,65-,66-,67?,68?,71?,72?,80?,82?/m1/s1. The minimum absolute atomic E-state index is 0.0959. The number of alkyl carbamates (subject to hydrolysis) is 1. The minimum atomic E-state index is -2.42. The van der Waals surface area contributed by atoms with Gasteiger partial charge in [0.15, 0.2) is 29.9 Å².